The number of pyridine rings is 1. The molecule has 5 heteroatoms. The molecule has 0 amide bonds. The van der Waals surface area contributed by atoms with Gasteiger partial charge in [-0.3, -0.25) is 4.98 Å². The van der Waals surface area contributed by atoms with E-state index < -0.39 is 5.82 Å². The Hall–Kier alpha value is -1.93. The molecule has 0 aliphatic heterocycles. The standard InChI is InChI=1S/C12H6BrFN2O/c13-9-4-10(7-16-6-9)17-12-2-1-8(5-15)3-11(12)14/h1-4,6-7H. The summed E-state index contributed by atoms with van der Waals surface area (Å²) in [5, 5.41) is 8.61. The summed E-state index contributed by atoms with van der Waals surface area (Å²) in [6.07, 6.45) is 3.07. The zero-order valence-corrected chi connectivity index (χ0v) is 10.1. The molecule has 17 heavy (non-hydrogen) atoms. The number of rotatable bonds is 2. The number of aromatic nitrogens is 1. The van der Waals surface area contributed by atoms with Gasteiger partial charge in [0.15, 0.2) is 11.6 Å². The molecular weight excluding hydrogens is 287 g/mol. The van der Waals surface area contributed by atoms with Crippen LogP contribution in [0, 0.1) is 17.1 Å². The molecule has 2 aromatic rings. The van der Waals surface area contributed by atoms with E-state index in [0.717, 1.165) is 10.5 Å². The Kier molecular flexibility index (Phi) is 3.35. The molecule has 0 atom stereocenters. The van der Waals surface area contributed by atoms with Crippen LogP contribution in [-0.2, 0) is 0 Å². The number of nitriles is 1. The summed E-state index contributed by atoms with van der Waals surface area (Å²) in [6.45, 7) is 0. The van der Waals surface area contributed by atoms with Crippen LogP contribution in [-0.4, -0.2) is 4.98 Å². The predicted octanol–water partition coefficient (Wildman–Crippen LogP) is 3.65. The Morgan fingerprint density at radius 1 is 1.29 bits per heavy atom. The van der Waals surface area contributed by atoms with E-state index in [0.29, 0.717) is 5.75 Å². The Balaban J connectivity index is 2.28. The molecule has 2 rings (SSSR count). The van der Waals surface area contributed by atoms with E-state index in [1.165, 1.54) is 18.3 Å². The molecule has 0 radical (unpaired) electrons. The van der Waals surface area contributed by atoms with Crippen LogP contribution in [0.2, 0.25) is 0 Å². The molecule has 0 unspecified atom stereocenters. The summed E-state index contributed by atoms with van der Waals surface area (Å²) >= 11 is 3.24. The first-order valence-corrected chi connectivity index (χ1v) is 5.46. The van der Waals surface area contributed by atoms with Crippen LogP contribution in [0.5, 0.6) is 11.5 Å². The SMILES string of the molecule is N#Cc1ccc(Oc2cncc(Br)c2)c(F)c1. The number of ether oxygens (including phenoxy) is 1. The fraction of sp³-hybridized carbons (Fsp3) is 0. The van der Waals surface area contributed by atoms with Crippen molar-refractivity contribution in [2.45, 2.75) is 0 Å². The average Bonchev–Trinajstić information content (AvgIpc) is 2.32. The zero-order chi connectivity index (χ0) is 12.3. The van der Waals surface area contributed by atoms with E-state index in [4.69, 9.17) is 10.00 Å². The van der Waals surface area contributed by atoms with Crippen LogP contribution in [0.25, 0.3) is 0 Å². The van der Waals surface area contributed by atoms with Crippen molar-refractivity contribution in [1.82, 2.24) is 4.98 Å². The van der Waals surface area contributed by atoms with E-state index in [-0.39, 0.29) is 11.3 Å². The lowest BCUT2D eigenvalue weighted by Crippen LogP contribution is -1.90. The first-order valence-electron chi connectivity index (χ1n) is 4.67. The first kappa shape index (κ1) is 11.6. The highest BCUT2D eigenvalue weighted by atomic mass is 79.9. The number of halogens is 2. The third-order valence-corrected chi connectivity index (χ3v) is 2.40. The van der Waals surface area contributed by atoms with Crippen LogP contribution >= 0.6 is 15.9 Å². The second-order valence-corrected chi connectivity index (χ2v) is 4.11. The molecule has 1 heterocycles. The van der Waals surface area contributed by atoms with Crippen molar-refractivity contribution in [3.63, 3.8) is 0 Å². The summed E-state index contributed by atoms with van der Waals surface area (Å²) in [4.78, 5) is 3.90. The number of hydrogen-bond donors (Lipinski definition) is 0. The lowest BCUT2D eigenvalue weighted by atomic mass is 10.2. The van der Waals surface area contributed by atoms with Gasteiger partial charge in [0.25, 0.3) is 0 Å². The van der Waals surface area contributed by atoms with Crippen molar-refractivity contribution in [3.05, 3.63) is 52.5 Å². The van der Waals surface area contributed by atoms with Crippen LogP contribution in [0.3, 0.4) is 0 Å². The minimum Gasteiger partial charge on any atom is -0.453 e. The molecule has 3 nitrogen and oxygen atoms in total. The third kappa shape index (κ3) is 2.80. The van der Waals surface area contributed by atoms with Gasteiger partial charge in [-0.25, -0.2) is 4.39 Å². The van der Waals surface area contributed by atoms with Gasteiger partial charge >= 0.3 is 0 Å². The Labute approximate surface area is 106 Å². The smallest absolute Gasteiger partial charge is 0.167 e. The predicted molar refractivity (Wildman–Crippen MR) is 63.1 cm³/mol. The number of benzene rings is 1. The molecule has 0 N–H and O–H groups in total. The van der Waals surface area contributed by atoms with Crippen molar-refractivity contribution in [1.29, 1.82) is 5.26 Å². The van der Waals surface area contributed by atoms with Crippen LogP contribution in [0.1, 0.15) is 5.56 Å². The quantitative estimate of drug-likeness (QED) is 0.849. The fourth-order valence-electron chi connectivity index (χ4n) is 1.23. The fourth-order valence-corrected chi connectivity index (χ4v) is 1.57. The number of nitrogens with zero attached hydrogens (tertiary/aromatic N) is 2. The van der Waals surface area contributed by atoms with Crippen molar-refractivity contribution >= 4 is 15.9 Å². The van der Waals surface area contributed by atoms with Gasteiger partial charge in [0, 0.05) is 10.7 Å². The molecule has 0 aliphatic carbocycles. The molecule has 0 bridgehead atoms. The maximum absolute atomic E-state index is 13.5. The van der Waals surface area contributed by atoms with Crippen molar-refractivity contribution in [2.75, 3.05) is 0 Å². The summed E-state index contributed by atoms with van der Waals surface area (Å²) in [5.41, 5.74) is 0.252. The van der Waals surface area contributed by atoms with Crippen LogP contribution in [0.4, 0.5) is 4.39 Å². The minimum atomic E-state index is -0.580. The van der Waals surface area contributed by atoms with Gasteiger partial charge in [0.05, 0.1) is 17.8 Å². The van der Waals surface area contributed by atoms with Gasteiger partial charge in [0.2, 0.25) is 0 Å². The monoisotopic (exact) mass is 292 g/mol. The van der Waals surface area contributed by atoms with E-state index in [2.05, 4.69) is 20.9 Å². The lowest BCUT2D eigenvalue weighted by Gasteiger charge is -2.06. The van der Waals surface area contributed by atoms with Crippen LogP contribution < -0.4 is 4.74 Å². The third-order valence-electron chi connectivity index (χ3n) is 1.97. The average molecular weight is 293 g/mol. The molecule has 0 saturated heterocycles. The Morgan fingerprint density at radius 2 is 2.12 bits per heavy atom. The molecule has 0 saturated carbocycles. The Morgan fingerprint density at radius 3 is 2.76 bits per heavy atom. The first-order chi connectivity index (χ1) is 8.19. The molecule has 1 aromatic carbocycles. The van der Waals surface area contributed by atoms with Gasteiger partial charge < -0.3 is 4.74 Å². The molecule has 84 valence electrons. The summed E-state index contributed by atoms with van der Waals surface area (Å²) < 4.78 is 19.6. The van der Waals surface area contributed by atoms with Crippen LogP contribution in [0.15, 0.2) is 41.1 Å². The lowest BCUT2D eigenvalue weighted by molar-refractivity contribution is 0.440. The molecule has 0 fully saturated rings. The highest BCUT2D eigenvalue weighted by molar-refractivity contribution is 9.10. The summed E-state index contributed by atoms with van der Waals surface area (Å²) in [6, 6.07) is 7.55. The van der Waals surface area contributed by atoms with Crippen molar-refractivity contribution < 1.29 is 9.13 Å². The summed E-state index contributed by atoms with van der Waals surface area (Å²) in [7, 11) is 0. The summed E-state index contributed by atoms with van der Waals surface area (Å²) in [5.74, 6) is -0.101. The topological polar surface area (TPSA) is 45.9 Å². The van der Waals surface area contributed by atoms with Crippen molar-refractivity contribution in [2.24, 2.45) is 0 Å². The maximum Gasteiger partial charge on any atom is 0.167 e. The van der Waals surface area contributed by atoms with Gasteiger partial charge in [0.1, 0.15) is 5.75 Å². The molecule has 0 aliphatic rings. The van der Waals surface area contributed by atoms with Crippen molar-refractivity contribution in [3.8, 4) is 17.6 Å². The largest absolute Gasteiger partial charge is 0.453 e. The van der Waals surface area contributed by atoms with Gasteiger partial charge in [-0.05, 0) is 40.2 Å². The zero-order valence-electron chi connectivity index (χ0n) is 8.52. The van der Waals surface area contributed by atoms with Gasteiger partial charge in [-0.1, -0.05) is 0 Å². The highest BCUT2D eigenvalue weighted by Gasteiger charge is 2.06. The molecule has 0 spiro atoms. The second kappa shape index (κ2) is 4.93. The normalized spacial score (nSPS) is 9.71. The second-order valence-electron chi connectivity index (χ2n) is 3.20. The van der Waals surface area contributed by atoms with E-state index in [1.54, 1.807) is 12.3 Å². The van der Waals surface area contributed by atoms with E-state index in [9.17, 15) is 4.39 Å². The maximum atomic E-state index is 13.5. The van der Waals surface area contributed by atoms with Gasteiger partial charge in [-0.2, -0.15) is 5.26 Å². The van der Waals surface area contributed by atoms with E-state index >= 15 is 0 Å². The number of hydrogen-bond acceptors (Lipinski definition) is 3. The Bertz CT molecular complexity index is 595. The molecular formula is C12H6BrFN2O. The molecule has 1 aromatic heterocycles. The minimum absolute atomic E-state index is 0.0592. The van der Waals surface area contributed by atoms with Gasteiger partial charge in [-0.15, -0.1) is 0 Å². The highest BCUT2D eigenvalue weighted by Crippen LogP contribution is 2.26. The van der Waals surface area contributed by atoms with E-state index in [1.807, 2.05) is 6.07 Å².